The minimum atomic E-state index is -4.02. The number of nitrogens with zero attached hydrogens (tertiary/aromatic N) is 3. The van der Waals surface area contributed by atoms with E-state index in [1.54, 1.807) is 52.8 Å². The van der Waals surface area contributed by atoms with Crippen LogP contribution >= 0.6 is 34.5 Å². The summed E-state index contributed by atoms with van der Waals surface area (Å²) >= 11 is 14.5. The predicted octanol–water partition coefficient (Wildman–Crippen LogP) is 7.10. The lowest BCUT2D eigenvalue weighted by Crippen LogP contribution is -2.50. The molecule has 1 saturated carbocycles. The van der Waals surface area contributed by atoms with Gasteiger partial charge in [-0.1, -0.05) is 66.7 Å². The molecular formula is C30H29Cl2N3O3S2. The summed E-state index contributed by atoms with van der Waals surface area (Å²) in [6, 6.07) is 15.5. The third-order valence-electron chi connectivity index (χ3n) is 8.00. The summed E-state index contributed by atoms with van der Waals surface area (Å²) in [6.07, 6.45) is 6.71. The minimum Gasteiger partial charge on any atom is -0.330 e. The van der Waals surface area contributed by atoms with Gasteiger partial charge in [-0.2, -0.15) is 4.31 Å². The molecular weight excluding hydrogens is 585 g/mol. The maximum Gasteiger partial charge on any atom is 0.245 e. The normalized spacial score (nSPS) is 18.3. The number of hydrogen-bond donors (Lipinski definition) is 0. The summed E-state index contributed by atoms with van der Waals surface area (Å²) in [4.78, 5) is 21.8. The summed E-state index contributed by atoms with van der Waals surface area (Å²) < 4.78 is 30.1. The van der Waals surface area contributed by atoms with E-state index < -0.39 is 16.1 Å². The number of aromatic nitrogens is 1. The van der Waals surface area contributed by atoms with E-state index in [0.29, 0.717) is 28.5 Å². The first-order chi connectivity index (χ1) is 19.3. The van der Waals surface area contributed by atoms with Gasteiger partial charge in [0.2, 0.25) is 15.9 Å². The van der Waals surface area contributed by atoms with Crippen molar-refractivity contribution in [3.63, 3.8) is 0 Å². The first-order valence-corrected chi connectivity index (χ1v) is 16.6. The zero-order chi connectivity index (χ0) is 27.9. The highest BCUT2D eigenvalue weighted by molar-refractivity contribution is 7.89. The topological polar surface area (TPSA) is 70.6 Å². The molecule has 1 fully saturated rings. The number of sulfonamides is 1. The molecule has 0 spiro atoms. The van der Waals surface area contributed by atoms with Crippen molar-refractivity contribution in [2.24, 2.45) is 0 Å². The molecule has 2 aromatic heterocycles. The van der Waals surface area contributed by atoms with Gasteiger partial charge in [0, 0.05) is 39.1 Å². The molecule has 1 amide bonds. The maximum absolute atomic E-state index is 14.3. The molecule has 0 radical (unpaired) electrons. The molecule has 1 aliphatic carbocycles. The molecule has 0 N–H and O–H groups in total. The standard InChI is InChI=1S/C30H29Cl2N3O3S2/c31-21-11-12-23(25(32)18-21)30-24-14-17-39-26(24)13-16-34(30)28(36)19-35(22-8-2-1-3-9-22)40(37,38)27-10-4-6-20-7-5-15-33-29(20)27/h4-7,10-12,14-15,17-18,22,30H,1-3,8-9,13,16,19H2. The Hall–Kier alpha value is -2.49. The lowest BCUT2D eigenvalue weighted by atomic mass is 9.93. The number of para-hydroxylation sites is 1. The van der Waals surface area contributed by atoms with Crippen molar-refractivity contribution in [3.8, 4) is 0 Å². The van der Waals surface area contributed by atoms with Crippen molar-refractivity contribution in [2.45, 2.75) is 55.5 Å². The Bertz CT molecular complexity index is 1660. The zero-order valence-electron chi connectivity index (χ0n) is 21.8. The first kappa shape index (κ1) is 27.7. The van der Waals surface area contributed by atoms with Crippen LogP contribution in [0.4, 0.5) is 0 Å². The van der Waals surface area contributed by atoms with Crippen molar-refractivity contribution < 1.29 is 13.2 Å². The second-order valence-electron chi connectivity index (χ2n) is 10.4. The smallest absolute Gasteiger partial charge is 0.245 e. The highest BCUT2D eigenvalue weighted by Crippen LogP contribution is 2.41. The number of thiophene rings is 1. The average molecular weight is 615 g/mol. The molecule has 10 heteroatoms. The van der Waals surface area contributed by atoms with Crippen LogP contribution in [0, 0.1) is 0 Å². The summed E-state index contributed by atoms with van der Waals surface area (Å²) in [5, 5.41) is 3.78. The van der Waals surface area contributed by atoms with Crippen LogP contribution in [0.5, 0.6) is 0 Å². The minimum absolute atomic E-state index is 0.139. The fourth-order valence-corrected chi connectivity index (χ4v) is 9.28. The maximum atomic E-state index is 14.3. The third kappa shape index (κ3) is 5.16. The third-order valence-corrected chi connectivity index (χ3v) is 11.5. The zero-order valence-corrected chi connectivity index (χ0v) is 24.9. The molecule has 6 nitrogen and oxygen atoms in total. The van der Waals surface area contributed by atoms with E-state index in [-0.39, 0.29) is 23.4 Å². The highest BCUT2D eigenvalue weighted by atomic mass is 35.5. The summed E-state index contributed by atoms with van der Waals surface area (Å²) in [6.45, 7) is 0.238. The van der Waals surface area contributed by atoms with Crippen LogP contribution in [0.15, 0.2) is 71.1 Å². The average Bonchev–Trinajstić information content (AvgIpc) is 3.45. The molecule has 4 aromatic rings. The van der Waals surface area contributed by atoms with Gasteiger partial charge >= 0.3 is 0 Å². The van der Waals surface area contributed by atoms with Gasteiger partial charge in [-0.3, -0.25) is 9.78 Å². The van der Waals surface area contributed by atoms with Crippen molar-refractivity contribution in [1.29, 1.82) is 0 Å². The summed E-state index contributed by atoms with van der Waals surface area (Å²) in [5.41, 5.74) is 2.23. The monoisotopic (exact) mass is 613 g/mol. The Morgan fingerprint density at radius 2 is 1.82 bits per heavy atom. The second kappa shape index (κ2) is 11.4. The number of amides is 1. The Balaban J connectivity index is 1.39. The molecule has 3 heterocycles. The van der Waals surface area contributed by atoms with Gasteiger partial charge in [-0.15, -0.1) is 11.3 Å². The van der Waals surface area contributed by atoms with E-state index in [1.165, 1.54) is 9.18 Å². The van der Waals surface area contributed by atoms with Crippen LogP contribution in [0.1, 0.15) is 54.1 Å². The van der Waals surface area contributed by atoms with Crippen LogP contribution in [0.2, 0.25) is 10.0 Å². The van der Waals surface area contributed by atoms with Crippen LogP contribution in [0.25, 0.3) is 10.9 Å². The molecule has 40 heavy (non-hydrogen) atoms. The molecule has 0 saturated heterocycles. The molecule has 2 aliphatic rings. The van der Waals surface area contributed by atoms with Crippen molar-refractivity contribution in [3.05, 3.63) is 92.2 Å². The van der Waals surface area contributed by atoms with E-state index in [2.05, 4.69) is 4.98 Å². The Kier molecular flexibility index (Phi) is 7.90. The van der Waals surface area contributed by atoms with E-state index in [9.17, 15) is 13.2 Å². The molecule has 0 bridgehead atoms. The Labute approximate surface area is 248 Å². The van der Waals surface area contributed by atoms with E-state index in [1.807, 2.05) is 29.6 Å². The molecule has 1 aliphatic heterocycles. The number of hydrogen-bond acceptors (Lipinski definition) is 5. The number of carbonyl (C=O) groups is 1. The number of pyridine rings is 1. The van der Waals surface area contributed by atoms with E-state index in [0.717, 1.165) is 48.6 Å². The van der Waals surface area contributed by atoms with Gasteiger partial charge in [0.05, 0.1) is 18.1 Å². The summed E-state index contributed by atoms with van der Waals surface area (Å²) in [5.74, 6) is -0.241. The van der Waals surface area contributed by atoms with Crippen molar-refractivity contribution >= 4 is 61.4 Å². The Morgan fingerprint density at radius 1 is 1.02 bits per heavy atom. The number of halogens is 2. The quantitative estimate of drug-likeness (QED) is 0.232. The lowest BCUT2D eigenvalue weighted by Gasteiger charge is -2.39. The molecule has 208 valence electrons. The van der Waals surface area contributed by atoms with Gasteiger partial charge in [0.15, 0.2) is 0 Å². The fourth-order valence-electron chi connectivity index (χ4n) is 6.06. The van der Waals surface area contributed by atoms with Crippen LogP contribution in [-0.2, 0) is 21.2 Å². The second-order valence-corrected chi connectivity index (χ2v) is 14.1. The number of fused-ring (bicyclic) bond motifs is 2. The van der Waals surface area contributed by atoms with Gasteiger partial charge in [0.1, 0.15) is 4.90 Å². The largest absolute Gasteiger partial charge is 0.330 e. The number of rotatable bonds is 6. The number of carbonyl (C=O) groups excluding carboxylic acids is 1. The molecule has 2 aromatic carbocycles. The highest BCUT2D eigenvalue weighted by Gasteiger charge is 2.39. The van der Waals surface area contributed by atoms with Gasteiger partial charge in [-0.05, 0) is 66.1 Å². The number of benzene rings is 2. The van der Waals surface area contributed by atoms with Gasteiger partial charge < -0.3 is 4.90 Å². The fraction of sp³-hybridized carbons (Fsp3) is 0.333. The van der Waals surface area contributed by atoms with E-state index in [4.69, 9.17) is 23.2 Å². The van der Waals surface area contributed by atoms with Gasteiger partial charge in [-0.25, -0.2) is 8.42 Å². The summed E-state index contributed by atoms with van der Waals surface area (Å²) in [7, 11) is -4.02. The van der Waals surface area contributed by atoms with E-state index >= 15 is 0 Å². The molecule has 1 unspecified atom stereocenters. The molecule has 6 rings (SSSR count). The van der Waals surface area contributed by atoms with Crippen molar-refractivity contribution in [2.75, 3.05) is 13.1 Å². The van der Waals surface area contributed by atoms with Crippen molar-refractivity contribution in [1.82, 2.24) is 14.2 Å². The predicted molar refractivity (Wildman–Crippen MR) is 161 cm³/mol. The van der Waals surface area contributed by atoms with Gasteiger partial charge in [0.25, 0.3) is 0 Å². The van der Waals surface area contributed by atoms with Crippen LogP contribution in [-0.4, -0.2) is 47.6 Å². The van der Waals surface area contributed by atoms with Crippen LogP contribution < -0.4 is 0 Å². The SMILES string of the molecule is O=C(CN(C1CCCCC1)S(=O)(=O)c1cccc2cccnc12)N1CCc2sccc2C1c1ccc(Cl)cc1Cl. The lowest BCUT2D eigenvalue weighted by molar-refractivity contribution is -0.133. The Morgan fingerprint density at radius 3 is 2.62 bits per heavy atom. The van der Waals surface area contributed by atoms with Crippen LogP contribution in [0.3, 0.4) is 0 Å². The molecule has 1 atom stereocenters. The first-order valence-electron chi connectivity index (χ1n) is 13.5.